The largest absolute Gasteiger partial charge is 0.481 e. The van der Waals surface area contributed by atoms with E-state index in [1.165, 1.54) is 4.88 Å². The van der Waals surface area contributed by atoms with Crippen molar-refractivity contribution in [2.75, 3.05) is 0 Å². The van der Waals surface area contributed by atoms with Crippen LogP contribution in [0.4, 0.5) is 0 Å². The van der Waals surface area contributed by atoms with Gasteiger partial charge in [0, 0.05) is 9.90 Å². The molecule has 0 aliphatic carbocycles. The molecule has 24 heavy (non-hydrogen) atoms. The van der Waals surface area contributed by atoms with E-state index in [-0.39, 0.29) is 5.91 Å². The van der Waals surface area contributed by atoms with Crippen molar-refractivity contribution in [3.8, 4) is 5.75 Å². The van der Waals surface area contributed by atoms with Gasteiger partial charge in [-0.1, -0.05) is 18.5 Å². The third-order valence-electron chi connectivity index (χ3n) is 3.51. The smallest absolute Gasteiger partial charge is 0.280 e. The average molecular weight is 365 g/mol. The number of thiophene rings is 1. The van der Waals surface area contributed by atoms with Crippen LogP contribution in [0.5, 0.6) is 5.75 Å². The molecule has 0 fully saturated rings. The number of nitrogens with one attached hydrogen (secondary N) is 1. The van der Waals surface area contributed by atoms with Gasteiger partial charge >= 0.3 is 0 Å². The third-order valence-corrected chi connectivity index (χ3v) is 5.08. The van der Waals surface area contributed by atoms with Crippen LogP contribution in [0.3, 0.4) is 0 Å². The van der Waals surface area contributed by atoms with Gasteiger partial charge in [-0.25, -0.2) is 5.43 Å². The normalized spacial score (nSPS) is 12.8. The van der Waals surface area contributed by atoms with Gasteiger partial charge in [0.15, 0.2) is 6.10 Å². The molecule has 4 nitrogen and oxygen atoms in total. The Labute approximate surface area is 151 Å². The molecule has 0 unspecified atom stereocenters. The number of hydrazone groups is 1. The summed E-state index contributed by atoms with van der Waals surface area (Å²) in [7, 11) is 0. The molecule has 0 spiro atoms. The van der Waals surface area contributed by atoms with E-state index in [4.69, 9.17) is 16.3 Å². The van der Waals surface area contributed by atoms with E-state index in [0.29, 0.717) is 10.8 Å². The van der Waals surface area contributed by atoms with Crippen LogP contribution in [0.1, 0.15) is 36.1 Å². The van der Waals surface area contributed by atoms with E-state index in [9.17, 15) is 4.79 Å². The maximum atomic E-state index is 12.2. The van der Waals surface area contributed by atoms with Gasteiger partial charge in [-0.05, 0) is 63.1 Å². The zero-order valence-electron chi connectivity index (χ0n) is 14.2. The zero-order chi connectivity index (χ0) is 17.7. The Morgan fingerprint density at radius 1 is 1.38 bits per heavy atom. The maximum Gasteiger partial charge on any atom is 0.280 e. The molecule has 0 aliphatic rings. The molecule has 2 aromatic rings. The lowest BCUT2D eigenvalue weighted by atomic mass is 10.2. The van der Waals surface area contributed by atoms with Crippen LogP contribution in [0, 0.1) is 6.92 Å². The molecule has 0 saturated heterocycles. The number of hydrogen-bond donors (Lipinski definition) is 1. The minimum absolute atomic E-state index is 0.295. The standard InChI is InChI=1S/C18H21ClN2O2S/c1-5-15-7-9-17(24-15)12(3)20-21-18(22)13(4)23-16-8-6-14(19)10-11(16)2/h6-10,13H,5H2,1-4H3,(H,21,22)/t13-/m0/s1. The Balaban J connectivity index is 1.96. The van der Waals surface area contributed by atoms with Crippen LogP contribution in [0.2, 0.25) is 5.02 Å². The molecule has 0 radical (unpaired) electrons. The van der Waals surface area contributed by atoms with Crippen LogP contribution >= 0.6 is 22.9 Å². The second kappa shape index (κ2) is 8.31. The lowest BCUT2D eigenvalue weighted by Crippen LogP contribution is -2.34. The number of nitrogens with zero attached hydrogens (tertiary/aromatic N) is 1. The average Bonchev–Trinajstić information content (AvgIpc) is 3.04. The summed E-state index contributed by atoms with van der Waals surface area (Å²) in [6.45, 7) is 7.56. The predicted molar refractivity (Wildman–Crippen MR) is 100 cm³/mol. The van der Waals surface area contributed by atoms with E-state index in [2.05, 4.69) is 23.5 Å². The maximum absolute atomic E-state index is 12.2. The van der Waals surface area contributed by atoms with Gasteiger partial charge in [-0.2, -0.15) is 5.10 Å². The molecule has 1 aromatic heterocycles. The summed E-state index contributed by atoms with van der Waals surface area (Å²) in [5.74, 6) is 0.338. The van der Waals surface area contributed by atoms with E-state index in [1.54, 1.807) is 36.5 Å². The van der Waals surface area contributed by atoms with Gasteiger partial charge in [0.2, 0.25) is 0 Å². The lowest BCUT2D eigenvalue weighted by molar-refractivity contribution is -0.127. The number of benzene rings is 1. The molecule has 1 amide bonds. The fourth-order valence-electron chi connectivity index (χ4n) is 2.04. The highest BCUT2D eigenvalue weighted by Crippen LogP contribution is 2.23. The molecular weight excluding hydrogens is 344 g/mol. The molecule has 6 heteroatoms. The molecule has 1 N–H and O–H groups in total. The van der Waals surface area contributed by atoms with Gasteiger partial charge in [-0.3, -0.25) is 4.79 Å². The van der Waals surface area contributed by atoms with E-state index in [1.807, 2.05) is 19.9 Å². The first-order valence-corrected chi connectivity index (χ1v) is 8.96. The topological polar surface area (TPSA) is 50.7 Å². The number of hydrogen-bond acceptors (Lipinski definition) is 4. The molecule has 2 rings (SSSR count). The van der Waals surface area contributed by atoms with Crippen LogP contribution in [0.25, 0.3) is 0 Å². The summed E-state index contributed by atoms with van der Waals surface area (Å²) in [5, 5.41) is 4.81. The highest BCUT2D eigenvalue weighted by molar-refractivity contribution is 7.14. The van der Waals surface area contributed by atoms with Crippen LogP contribution in [-0.2, 0) is 11.2 Å². The minimum atomic E-state index is -0.657. The Bertz CT molecular complexity index is 755. The number of halogens is 1. The second-order valence-corrected chi connectivity index (χ2v) is 7.07. The third kappa shape index (κ3) is 4.82. The van der Waals surface area contributed by atoms with Crippen molar-refractivity contribution in [3.63, 3.8) is 0 Å². The predicted octanol–water partition coefficient (Wildman–Crippen LogP) is 4.58. The van der Waals surface area contributed by atoms with Crippen molar-refractivity contribution in [2.45, 2.75) is 40.2 Å². The number of amides is 1. The van der Waals surface area contributed by atoms with E-state index < -0.39 is 6.10 Å². The van der Waals surface area contributed by atoms with Crippen molar-refractivity contribution < 1.29 is 9.53 Å². The molecule has 0 saturated carbocycles. The van der Waals surface area contributed by atoms with Crippen LogP contribution in [-0.4, -0.2) is 17.7 Å². The lowest BCUT2D eigenvalue weighted by Gasteiger charge is -2.15. The van der Waals surface area contributed by atoms with E-state index in [0.717, 1.165) is 22.6 Å². The minimum Gasteiger partial charge on any atom is -0.481 e. The van der Waals surface area contributed by atoms with Gasteiger partial charge in [-0.15, -0.1) is 11.3 Å². The van der Waals surface area contributed by atoms with Crippen LogP contribution in [0.15, 0.2) is 35.4 Å². The number of aryl methyl sites for hydroxylation is 2. The Morgan fingerprint density at radius 2 is 2.12 bits per heavy atom. The molecule has 1 heterocycles. The summed E-state index contributed by atoms with van der Waals surface area (Å²) in [6.07, 6.45) is 0.339. The first-order chi connectivity index (χ1) is 11.4. The first-order valence-electron chi connectivity index (χ1n) is 7.76. The highest BCUT2D eigenvalue weighted by atomic mass is 35.5. The second-order valence-electron chi connectivity index (χ2n) is 5.46. The summed E-state index contributed by atoms with van der Waals surface area (Å²) in [6, 6.07) is 9.39. The molecule has 0 bridgehead atoms. The monoisotopic (exact) mass is 364 g/mol. The quantitative estimate of drug-likeness (QED) is 0.602. The van der Waals surface area contributed by atoms with Crippen molar-refractivity contribution in [1.29, 1.82) is 0 Å². The summed E-state index contributed by atoms with van der Waals surface area (Å²) in [4.78, 5) is 14.5. The summed E-state index contributed by atoms with van der Waals surface area (Å²) < 4.78 is 5.68. The van der Waals surface area contributed by atoms with Gasteiger partial charge < -0.3 is 4.74 Å². The number of rotatable bonds is 6. The zero-order valence-corrected chi connectivity index (χ0v) is 15.8. The van der Waals surface area contributed by atoms with Crippen molar-refractivity contribution >= 4 is 34.6 Å². The summed E-state index contributed by atoms with van der Waals surface area (Å²) in [5.41, 5.74) is 4.23. The molecule has 128 valence electrons. The number of carbonyl (C=O) groups is 1. The number of carbonyl (C=O) groups excluding carboxylic acids is 1. The van der Waals surface area contributed by atoms with Gasteiger partial charge in [0.05, 0.1) is 10.6 Å². The SMILES string of the molecule is CCc1ccc(C(C)=NNC(=O)[C@H](C)Oc2ccc(Cl)cc2C)s1. The number of ether oxygens (including phenoxy) is 1. The summed E-state index contributed by atoms with van der Waals surface area (Å²) >= 11 is 7.60. The Hall–Kier alpha value is -1.85. The van der Waals surface area contributed by atoms with Crippen molar-refractivity contribution in [3.05, 3.63) is 50.7 Å². The van der Waals surface area contributed by atoms with Crippen molar-refractivity contribution in [1.82, 2.24) is 5.43 Å². The molecule has 1 atom stereocenters. The van der Waals surface area contributed by atoms with Crippen molar-refractivity contribution in [2.24, 2.45) is 5.10 Å². The van der Waals surface area contributed by atoms with Gasteiger partial charge in [0.25, 0.3) is 5.91 Å². The van der Waals surface area contributed by atoms with E-state index >= 15 is 0 Å². The van der Waals surface area contributed by atoms with Gasteiger partial charge in [0.1, 0.15) is 5.75 Å². The Kier molecular flexibility index (Phi) is 6.40. The molecule has 0 aliphatic heterocycles. The fourth-order valence-corrected chi connectivity index (χ4v) is 3.16. The van der Waals surface area contributed by atoms with Crippen LogP contribution < -0.4 is 10.2 Å². The highest BCUT2D eigenvalue weighted by Gasteiger charge is 2.15. The Morgan fingerprint density at radius 3 is 2.75 bits per heavy atom. The first kappa shape index (κ1) is 18.5. The molecular formula is C18H21ClN2O2S. The fraction of sp³-hybridized carbons (Fsp3) is 0.333. The molecule has 1 aromatic carbocycles.